The van der Waals surface area contributed by atoms with Gasteiger partial charge in [0.15, 0.2) is 5.82 Å². The highest BCUT2D eigenvalue weighted by atomic mass is 35.5. The van der Waals surface area contributed by atoms with Gasteiger partial charge in [-0.2, -0.15) is 5.10 Å². The number of carbonyl (C=O) groups is 1. The third-order valence-electron chi connectivity index (χ3n) is 2.88. The zero-order chi connectivity index (χ0) is 15.8. The number of anilines is 1. The number of amides is 1. The van der Waals surface area contributed by atoms with Crippen molar-refractivity contribution in [3.63, 3.8) is 0 Å². The first kappa shape index (κ1) is 15.8. The molecule has 1 amide bonds. The summed E-state index contributed by atoms with van der Waals surface area (Å²) in [6.07, 6.45) is 0. The predicted molar refractivity (Wildman–Crippen MR) is 81.7 cm³/mol. The van der Waals surface area contributed by atoms with E-state index >= 15 is 0 Å². The summed E-state index contributed by atoms with van der Waals surface area (Å²) in [5.41, 5.74) is 0.741. The Morgan fingerprint density at radius 3 is 2.48 bits per heavy atom. The summed E-state index contributed by atoms with van der Waals surface area (Å²) in [5, 5.41) is 9.35. The summed E-state index contributed by atoms with van der Waals surface area (Å²) >= 11 is 11.5. The minimum atomic E-state index is -0.705. The monoisotopic (exact) mass is 329 g/mol. The summed E-state index contributed by atoms with van der Waals surface area (Å²) < 4.78 is 13.4. The predicted octanol–water partition coefficient (Wildman–Crippen LogP) is 4.41. The maximum absolute atomic E-state index is 13.4. The molecule has 1 aromatic heterocycles. The average molecular weight is 330 g/mol. The van der Waals surface area contributed by atoms with Crippen molar-refractivity contribution in [1.82, 2.24) is 10.2 Å². The van der Waals surface area contributed by atoms with Crippen LogP contribution >= 0.6 is 23.2 Å². The van der Waals surface area contributed by atoms with Gasteiger partial charge in [-0.25, -0.2) is 4.39 Å². The van der Waals surface area contributed by atoms with Crippen molar-refractivity contribution >= 4 is 34.9 Å². The van der Waals surface area contributed by atoms with Gasteiger partial charge in [-0.15, -0.1) is 0 Å². The van der Waals surface area contributed by atoms with E-state index in [1.165, 1.54) is 6.07 Å². The molecule has 0 fully saturated rings. The van der Waals surface area contributed by atoms with Crippen LogP contribution in [0.2, 0.25) is 10.0 Å². The number of nitrogens with one attached hydrogen (secondary N) is 2. The van der Waals surface area contributed by atoms with Crippen molar-refractivity contribution in [3.8, 4) is 0 Å². The maximum atomic E-state index is 13.4. The van der Waals surface area contributed by atoms with Crippen molar-refractivity contribution in [1.29, 1.82) is 0 Å². The number of nitrogens with zero attached hydrogens (tertiary/aromatic N) is 1. The highest BCUT2D eigenvalue weighted by molar-refractivity contribution is 6.37. The molecule has 21 heavy (non-hydrogen) atoms. The molecule has 2 N–H and O–H groups in total. The van der Waals surface area contributed by atoms with Crippen molar-refractivity contribution in [2.45, 2.75) is 26.2 Å². The van der Waals surface area contributed by atoms with Crippen LogP contribution in [0.4, 0.5) is 10.2 Å². The van der Waals surface area contributed by atoms with Gasteiger partial charge in [-0.05, 0) is 12.1 Å². The maximum Gasteiger partial charge on any atom is 0.258 e. The number of hydrogen-bond donors (Lipinski definition) is 2. The van der Waals surface area contributed by atoms with E-state index in [0.717, 1.165) is 11.8 Å². The Morgan fingerprint density at radius 1 is 1.24 bits per heavy atom. The Morgan fingerprint density at radius 2 is 1.90 bits per heavy atom. The highest BCUT2D eigenvalue weighted by Crippen LogP contribution is 2.26. The fraction of sp³-hybridized carbons (Fsp3) is 0.286. The molecule has 0 saturated carbocycles. The Bertz CT molecular complexity index is 692. The van der Waals surface area contributed by atoms with Crippen LogP contribution in [-0.2, 0) is 5.41 Å². The molecule has 1 heterocycles. The van der Waals surface area contributed by atoms with E-state index in [2.05, 4.69) is 15.5 Å². The molecule has 0 aliphatic carbocycles. The molecule has 0 aliphatic rings. The zero-order valence-electron chi connectivity index (χ0n) is 11.7. The van der Waals surface area contributed by atoms with Crippen LogP contribution in [0, 0.1) is 5.82 Å². The smallest absolute Gasteiger partial charge is 0.258 e. The Balaban J connectivity index is 2.22. The number of aromatic amines is 1. The van der Waals surface area contributed by atoms with Crippen LogP contribution in [0.5, 0.6) is 0 Å². The zero-order valence-corrected chi connectivity index (χ0v) is 13.2. The van der Waals surface area contributed by atoms with Crippen molar-refractivity contribution < 1.29 is 9.18 Å². The number of hydrogen-bond acceptors (Lipinski definition) is 2. The van der Waals surface area contributed by atoms with E-state index in [4.69, 9.17) is 23.2 Å². The second-order valence-electron chi connectivity index (χ2n) is 5.62. The number of aromatic nitrogens is 2. The first-order valence-corrected chi connectivity index (χ1v) is 6.96. The lowest BCUT2D eigenvalue weighted by Gasteiger charge is -2.14. The van der Waals surface area contributed by atoms with Gasteiger partial charge < -0.3 is 5.32 Å². The number of carbonyl (C=O) groups excluding carboxylic acids is 1. The Hall–Kier alpha value is -1.59. The molecular formula is C14H14Cl2FN3O. The largest absolute Gasteiger partial charge is 0.305 e. The van der Waals surface area contributed by atoms with Gasteiger partial charge in [0, 0.05) is 17.2 Å². The molecule has 0 radical (unpaired) electrons. The van der Waals surface area contributed by atoms with Crippen LogP contribution in [0.1, 0.15) is 36.8 Å². The van der Waals surface area contributed by atoms with Gasteiger partial charge in [0.25, 0.3) is 5.91 Å². The van der Waals surface area contributed by atoms with Crippen molar-refractivity contribution in [2.24, 2.45) is 0 Å². The molecule has 7 heteroatoms. The molecule has 0 aliphatic heterocycles. The summed E-state index contributed by atoms with van der Waals surface area (Å²) in [6.45, 7) is 6.03. The van der Waals surface area contributed by atoms with Crippen molar-refractivity contribution in [3.05, 3.63) is 45.3 Å². The van der Waals surface area contributed by atoms with E-state index in [1.54, 1.807) is 6.07 Å². The van der Waals surface area contributed by atoms with Gasteiger partial charge in [-0.3, -0.25) is 9.89 Å². The van der Waals surface area contributed by atoms with Crippen molar-refractivity contribution in [2.75, 3.05) is 5.32 Å². The number of benzene rings is 1. The minimum absolute atomic E-state index is 0.00104. The summed E-state index contributed by atoms with van der Waals surface area (Å²) in [7, 11) is 0. The second-order valence-corrected chi connectivity index (χ2v) is 6.43. The lowest BCUT2D eigenvalue weighted by molar-refractivity contribution is 0.102. The Labute approximate surface area is 131 Å². The number of halogens is 3. The molecule has 0 atom stereocenters. The van der Waals surface area contributed by atoms with Gasteiger partial charge in [-0.1, -0.05) is 44.0 Å². The summed E-state index contributed by atoms with van der Waals surface area (Å²) in [4.78, 5) is 12.1. The standard InChI is InChI=1S/C14H14Cl2FN3O/c1-14(2,3)11-6-12(20-19-11)18-13(21)7-4-10(17)9(16)5-8(7)15/h4-6H,1-3H3,(H2,18,19,20,21). The molecule has 4 nitrogen and oxygen atoms in total. The normalized spacial score (nSPS) is 11.5. The Kier molecular flexibility index (Phi) is 4.25. The second kappa shape index (κ2) is 5.66. The van der Waals surface area contributed by atoms with E-state index in [1.807, 2.05) is 20.8 Å². The molecule has 2 aromatic rings. The van der Waals surface area contributed by atoms with Crippen LogP contribution < -0.4 is 5.32 Å². The number of H-pyrrole nitrogens is 1. The fourth-order valence-corrected chi connectivity index (χ4v) is 2.12. The molecular weight excluding hydrogens is 316 g/mol. The van der Waals surface area contributed by atoms with Crippen LogP contribution in [0.3, 0.4) is 0 Å². The van der Waals surface area contributed by atoms with Gasteiger partial charge in [0.05, 0.1) is 15.6 Å². The third kappa shape index (κ3) is 3.54. The summed E-state index contributed by atoms with van der Waals surface area (Å²) in [5.74, 6) is -0.914. The summed E-state index contributed by atoms with van der Waals surface area (Å²) in [6, 6.07) is 3.91. The average Bonchev–Trinajstić information content (AvgIpc) is 2.82. The molecule has 0 bridgehead atoms. The van der Waals surface area contributed by atoms with E-state index < -0.39 is 11.7 Å². The fourth-order valence-electron chi connectivity index (χ4n) is 1.65. The topological polar surface area (TPSA) is 57.8 Å². The van der Waals surface area contributed by atoms with E-state index in [9.17, 15) is 9.18 Å². The van der Waals surface area contributed by atoms with Crippen LogP contribution in [0.25, 0.3) is 0 Å². The molecule has 112 valence electrons. The third-order valence-corrected chi connectivity index (χ3v) is 3.48. The van der Waals surface area contributed by atoms with Crippen LogP contribution in [0.15, 0.2) is 18.2 Å². The molecule has 0 spiro atoms. The van der Waals surface area contributed by atoms with E-state index in [-0.39, 0.29) is 21.0 Å². The highest BCUT2D eigenvalue weighted by Gasteiger charge is 2.19. The molecule has 0 unspecified atom stereocenters. The first-order chi connectivity index (χ1) is 9.68. The van der Waals surface area contributed by atoms with Crippen LogP contribution in [-0.4, -0.2) is 16.1 Å². The quantitative estimate of drug-likeness (QED) is 0.802. The lowest BCUT2D eigenvalue weighted by Crippen LogP contribution is -2.13. The lowest BCUT2D eigenvalue weighted by atomic mass is 9.92. The molecule has 1 aromatic carbocycles. The minimum Gasteiger partial charge on any atom is -0.305 e. The SMILES string of the molecule is CC(C)(C)c1cc(NC(=O)c2cc(F)c(Cl)cc2Cl)n[nH]1. The van der Waals surface area contributed by atoms with Gasteiger partial charge in [0.1, 0.15) is 5.82 Å². The molecule has 2 rings (SSSR count). The molecule has 0 saturated heterocycles. The first-order valence-electron chi connectivity index (χ1n) is 6.20. The van der Waals surface area contributed by atoms with Gasteiger partial charge in [0.2, 0.25) is 0 Å². The van der Waals surface area contributed by atoms with Gasteiger partial charge >= 0.3 is 0 Å². The van der Waals surface area contributed by atoms with E-state index in [0.29, 0.717) is 5.82 Å². The number of rotatable bonds is 2.